The summed E-state index contributed by atoms with van der Waals surface area (Å²) in [5, 5.41) is 20.6. The molecular formula is C40H43F4N5O5. The Morgan fingerprint density at radius 2 is 1.89 bits per heavy atom. The largest absolute Gasteiger partial charge is 0.476 e. The van der Waals surface area contributed by atoms with Crippen LogP contribution in [0.2, 0.25) is 0 Å². The fourth-order valence-electron chi connectivity index (χ4n) is 7.02. The first-order valence-electron chi connectivity index (χ1n) is 18.2. The zero-order chi connectivity index (χ0) is 37.8. The molecule has 0 radical (unpaired) electrons. The van der Waals surface area contributed by atoms with Gasteiger partial charge in [0.05, 0.1) is 36.1 Å². The van der Waals surface area contributed by atoms with Crippen molar-refractivity contribution in [2.24, 2.45) is 0 Å². The minimum atomic E-state index is -4.54. The molecule has 2 aromatic carbocycles. The molecule has 0 bridgehead atoms. The number of nitrogens with one attached hydrogen (secondary N) is 2. The van der Waals surface area contributed by atoms with Gasteiger partial charge >= 0.3 is 6.18 Å². The first-order chi connectivity index (χ1) is 26.1. The highest BCUT2D eigenvalue weighted by Gasteiger charge is 2.43. The Kier molecular flexibility index (Phi) is 11.3. The molecule has 10 nitrogen and oxygen atoms in total. The Morgan fingerprint density at radius 1 is 1.07 bits per heavy atom. The summed E-state index contributed by atoms with van der Waals surface area (Å²) in [5.74, 6) is -0.748. The van der Waals surface area contributed by atoms with Crippen molar-refractivity contribution >= 4 is 27.8 Å². The van der Waals surface area contributed by atoms with Crippen molar-refractivity contribution < 1.29 is 41.7 Å². The molecule has 4 heterocycles. The topological polar surface area (TPSA) is 120 Å². The quantitative estimate of drug-likeness (QED) is 0.0792. The lowest BCUT2D eigenvalue weighted by molar-refractivity contribution is -0.149. The van der Waals surface area contributed by atoms with E-state index < -0.39 is 37.0 Å². The van der Waals surface area contributed by atoms with Crippen LogP contribution in [0.1, 0.15) is 61.4 Å². The van der Waals surface area contributed by atoms with Crippen molar-refractivity contribution in [3.05, 3.63) is 102 Å². The van der Waals surface area contributed by atoms with Gasteiger partial charge in [-0.05, 0) is 78.7 Å². The first kappa shape index (κ1) is 37.8. The van der Waals surface area contributed by atoms with Gasteiger partial charge in [0.25, 0.3) is 0 Å². The number of hydrogen-bond donors (Lipinski definition) is 3. The Labute approximate surface area is 310 Å². The van der Waals surface area contributed by atoms with E-state index in [1.54, 1.807) is 66.7 Å². The number of nitrogens with zero attached hydrogens (tertiary/aromatic N) is 3. The van der Waals surface area contributed by atoms with Gasteiger partial charge in [0.15, 0.2) is 17.6 Å². The smallest absolute Gasteiger partial charge is 0.393 e. The summed E-state index contributed by atoms with van der Waals surface area (Å²) in [6.45, 7) is 2.00. The summed E-state index contributed by atoms with van der Waals surface area (Å²) < 4.78 is 77.2. The van der Waals surface area contributed by atoms with Gasteiger partial charge in [0.1, 0.15) is 6.61 Å². The van der Waals surface area contributed by atoms with Crippen molar-refractivity contribution in [2.75, 3.05) is 46.1 Å². The van der Waals surface area contributed by atoms with E-state index in [2.05, 4.69) is 20.7 Å². The van der Waals surface area contributed by atoms with Gasteiger partial charge in [-0.1, -0.05) is 42.5 Å². The fourth-order valence-corrected chi connectivity index (χ4v) is 7.02. The molecule has 54 heavy (non-hydrogen) atoms. The maximum atomic E-state index is 15.4. The molecule has 2 saturated heterocycles. The van der Waals surface area contributed by atoms with Crippen LogP contribution in [0.5, 0.6) is 5.88 Å². The number of pyridine rings is 1. The number of carbonyl (C=O) groups is 1. The second kappa shape index (κ2) is 16.1. The number of fused-ring (bicyclic) bond motifs is 1. The molecule has 1 aliphatic carbocycles. The van der Waals surface area contributed by atoms with Gasteiger partial charge in [-0.25, -0.2) is 9.67 Å². The van der Waals surface area contributed by atoms with E-state index in [-0.39, 0.29) is 46.9 Å². The number of aliphatic hydroxyl groups excluding tert-OH is 1. The molecule has 3 N–H and O–H groups in total. The molecule has 4 aromatic rings. The summed E-state index contributed by atoms with van der Waals surface area (Å²) in [5.41, 5.74) is 0.348. The maximum absolute atomic E-state index is 15.4. The monoisotopic (exact) mass is 749 g/mol. The molecule has 0 spiro atoms. The molecule has 7 rings (SSSR count). The maximum Gasteiger partial charge on any atom is 0.393 e. The lowest BCUT2D eigenvalue weighted by Crippen LogP contribution is -2.57. The van der Waals surface area contributed by atoms with Crippen LogP contribution in [0, 0.1) is 5.95 Å². The third kappa shape index (κ3) is 8.58. The van der Waals surface area contributed by atoms with E-state index in [4.69, 9.17) is 14.2 Å². The molecule has 14 heteroatoms. The zero-order valence-corrected chi connectivity index (χ0v) is 29.7. The van der Waals surface area contributed by atoms with E-state index >= 15 is 4.39 Å². The van der Waals surface area contributed by atoms with Crippen LogP contribution in [0.3, 0.4) is 0 Å². The third-order valence-electron chi connectivity index (χ3n) is 10.2. The number of alkyl halides is 3. The number of benzene rings is 2. The SMILES string of the molecule is O=C(/C=C/CNC1(COc2ccc(/C(=C(/CC(F)(F)F)c3ccccc3)c3ccc4c(c3)c(F)nn4C3CCCCO3)cn2)CC1)C1(CO)CNCCO1. The van der Waals surface area contributed by atoms with Crippen LogP contribution in [-0.2, 0) is 14.3 Å². The molecule has 2 unspecified atom stereocenters. The number of halogens is 4. The highest BCUT2D eigenvalue weighted by Crippen LogP contribution is 2.41. The average molecular weight is 750 g/mol. The lowest BCUT2D eigenvalue weighted by atomic mass is 9.88. The van der Waals surface area contributed by atoms with Crippen LogP contribution in [0.25, 0.3) is 22.0 Å². The standard InChI is InChI=1S/C40H43F4N5O5/c41-37-30-21-28(11-13-32(30)49(48-37)35-10-4-5-19-52-35)36(31(22-40(42,43)44)27-7-2-1-3-8-27)29-12-14-34(46-23-29)53-26-38(15-16-38)47-17-6-9-33(51)39(25-50)24-45-18-20-54-39/h1-3,6-9,11-14,21,23,35,45,47,50H,4-5,10,15-20,22,24-26H2/b9-6+,36-31-. The number of aliphatic hydroxyl groups is 1. The van der Waals surface area contributed by atoms with E-state index in [1.807, 2.05) is 0 Å². The molecule has 3 fully saturated rings. The first-order valence-corrected chi connectivity index (χ1v) is 18.2. The summed E-state index contributed by atoms with van der Waals surface area (Å²) in [6, 6.07) is 16.5. The zero-order valence-electron chi connectivity index (χ0n) is 29.7. The van der Waals surface area contributed by atoms with E-state index in [0.717, 1.165) is 25.7 Å². The van der Waals surface area contributed by atoms with Crippen LogP contribution in [0.4, 0.5) is 17.6 Å². The average Bonchev–Trinajstić information content (AvgIpc) is 3.90. The second-order valence-electron chi connectivity index (χ2n) is 14.1. The van der Waals surface area contributed by atoms with E-state index in [0.29, 0.717) is 54.9 Å². The molecule has 2 aromatic heterocycles. The number of ketones is 1. The van der Waals surface area contributed by atoms with Crippen LogP contribution < -0.4 is 15.4 Å². The Hall–Kier alpha value is -4.47. The summed E-state index contributed by atoms with van der Waals surface area (Å²) >= 11 is 0. The van der Waals surface area contributed by atoms with Gasteiger partial charge in [-0.2, -0.15) is 17.6 Å². The van der Waals surface area contributed by atoms with Crippen molar-refractivity contribution in [1.29, 1.82) is 0 Å². The van der Waals surface area contributed by atoms with Crippen LogP contribution in [-0.4, -0.2) is 89.0 Å². The highest BCUT2D eigenvalue weighted by molar-refractivity contribution is 6.00. The van der Waals surface area contributed by atoms with E-state index in [9.17, 15) is 23.1 Å². The normalized spacial score (nSPS) is 22.0. The lowest BCUT2D eigenvalue weighted by Gasteiger charge is -2.33. The summed E-state index contributed by atoms with van der Waals surface area (Å²) in [4.78, 5) is 17.2. The number of carbonyl (C=O) groups excluding carboxylic acids is 1. The third-order valence-corrected chi connectivity index (χ3v) is 10.2. The summed E-state index contributed by atoms with van der Waals surface area (Å²) in [6.07, 6.45) is 2.61. The number of ether oxygens (including phenoxy) is 3. The van der Waals surface area contributed by atoms with Crippen molar-refractivity contribution in [2.45, 2.75) is 62.1 Å². The number of aromatic nitrogens is 3. The summed E-state index contributed by atoms with van der Waals surface area (Å²) in [7, 11) is 0. The molecule has 2 atom stereocenters. The molecule has 1 saturated carbocycles. The van der Waals surface area contributed by atoms with Gasteiger partial charge < -0.3 is 30.0 Å². The molecule has 3 aliphatic rings. The molecular weight excluding hydrogens is 706 g/mol. The minimum absolute atomic E-state index is 0.0187. The van der Waals surface area contributed by atoms with Gasteiger partial charge in [0, 0.05) is 44.1 Å². The Morgan fingerprint density at radius 3 is 2.56 bits per heavy atom. The van der Waals surface area contributed by atoms with Gasteiger partial charge in [-0.3, -0.25) is 4.79 Å². The number of morpholine rings is 1. The Bertz CT molecular complexity index is 1980. The minimum Gasteiger partial charge on any atom is -0.476 e. The van der Waals surface area contributed by atoms with E-state index in [1.165, 1.54) is 17.0 Å². The Balaban J connectivity index is 1.12. The number of allylic oxidation sites excluding steroid dienone is 1. The number of hydrogen-bond acceptors (Lipinski definition) is 9. The predicted molar refractivity (Wildman–Crippen MR) is 194 cm³/mol. The predicted octanol–water partition coefficient (Wildman–Crippen LogP) is 6.16. The molecule has 2 aliphatic heterocycles. The fraction of sp³-hybridized carbons (Fsp3) is 0.425. The van der Waals surface area contributed by atoms with Crippen LogP contribution in [0.15, 0.2) is 79.0 Å². The number of rotatable bonds is 14. The van der Waals surface area contributed by atoms with Gasteiger partial charge in [-0.15, -0.1) is 5.10 Å². The molecule has 286 valence electrons. The van der Waals surface area contributed by atoms with Crippen LogP contribution >= 0.6 is 0 Å². The second-order valence-corrected chi connectivity index (χ2v) is 14.1. The van der Waals surface area contributed by atoms with Crippen molar-refractivity contribution in [3.63, 3.8) is 0 Å². The van der Waals surface area contributed by atoms with Crippen molar-refractivity contribution in [3.8, 4) is 5.88 Å². The van der Waals surface area contributed by atoms with Crippen molar-refractivity contribution in [1.82, 2.24) is 25.4 Å². The molecule has 0 amide bonds. The van der Waals surface area contributed by atoms with Gasteiger partial charge in [0.2, 0.25) is 11.8 Å². The highest BCUT2D eigenvalue weighted by atomic mass is 19.4.